The van der Waals surface area contributed by atoms with Crippen LogP contribution in [0.3, 0.4) is 0 Å². The highest BCUT2D eigenvalue weighted by molar-refractivity contribution is 5.50. The molecule has 0 saturated heterocycles. The van der Waals surface area contributed by atoms with Crippen molar-refractivity contribution in [2.24, 2.45) is 0 Å². The fourth-order valence-electron chi connectivity index (χ4n) is 3.21. The summed E-state index contributed by atoms with van der Waals surface area (Å²) in [5.74, 6) is 2.28. The molecule has 1 aromatic carbocycles. The highest BCUT2D eigenvalue weighted by Crippen LogP contribution is 2.39. The van der Waals surface area contributed by atoms with Gasteiger partial charge in [0.2, 0.25) is 0 Å². The Morgan fingerprint density at radius 1 is 1.29 bits per heavy atom. The summed E-state index contributed by atoms with van der Waals surface area (Å²) >= 11 is 0. The van der Waals surface area contributed by atoms with Crippen molar-refractivity contribution in [1.29, 1.82) is 0 Å². The van der Waals surface area contributed by atoms with Gasteiger partial charge < -0.3 is 10.1 Å². The van der Waals surface area contributed by atoms with E-state index in [2.05, 4.69) is 36.5 Å². The van der Waals surface area contributed by atoms with Gasteiger partial charge in [0, 0.05) is 24.4 Å². The molecule has 2 aromatic rings. The molecule has 4 heteroatoms. The molecule has 0 fully saturated rings. The Hall–Kier alpha value is -1.94. The summed E-state index contributed by atoms with van der Waals surface area (Å²) in [5, 5.41) is 3.37. The number of benzene rings is 1. The maximum atomic E-state index is 5.56. The molecule has 0 bridgehead atoms. The van der Waals surface area contributed by atoms with Crippen molar-refractivity contribution in [1.82, 2.24) is 9.97 Å². The number of nitrogens with one attached hydrogen (secondary N) is 1. The van der Waals surface area contributed by atoms with Crippen LogP contribution in [0.1, 0.15) is 41.1 Å². The Labute approximate surface area is 124 Å². The molecular formula is C17H19N3O. The second-order valence-electron chi connectivity index (χ2n) is 5.64. The van der Waals surface area contributed by atoms with E-state index in [0.717, 1.165) is 48.9 Å². The minimum Gasteiger partial charge on any atom is -0.376 e. The maximum Gasteiger partial charge on any atom is 0.138 e. The lowest BCUT2D eigenvalue weighted by Gasteiger charge is -2.30. The van der Waals surface area contributed by atoms with Crippen LogP contribution in [0.4, 0.5) is 5.82 Å². The van der Waals surface area contributed by atoms with Crippen molar-refractivity contribution in [3.05, 3.63) is 52.5 Å². The summed E-state index contributed by atoms with van der Waals surface area (Å²) in [7, 11) is 0. The quantitative estimate of drug-likeness (QED) is 0.939. The van der Waals surface area contributed by atoms with Crippen LogP contribution in [0.25, 0.3) is 0 Å². The van der Waals surface area contributed by atoms with Crippen LogP contribution in [0.15, 0.2) is 24.3 Å². The van der Waals surface area contributed by atoms with Crippen LogP contribution in [0, 0.1) is 0 Å². The van der Waals surface area contributed by atoms with Gasteiger partial charge in [-0.2, -0.15) is 0 Å². The molecule has 0 radical (unpaired) electrons. The smallest absolute Gasteiger partial charge is 0.138 e. The third-order valence-corrected chi connectivity index (χ3v) is 4.35. The summed E-state index contributed by atoms with van der Waals surface area (Å²) in [5.41, 5.74) is 5.11. The van der Waals surface area contributed by atoms with Crippen LogP contribution in [-0.4, -0.2) is 23.1 Å². The summed E-state index contributed by atoms with van der Waals surface area (Å²) < 4.78 is 5.56. The Kier molecular flexibility index (Phi) is 3.11. The number of rotatable bonds is 3. The van der Waals surface area contributed by atoms with E-state index in [1.54, 1.807) is 0 Å². The van der Waals surface area contributed by atoms with E-state index in [-0.39, 0.29) is 0 Å². The molecule has 0 amide bonds. The molecule has 4 rings (SSSR count). The SMILES string of the molecule is CCNc1nc(C2Cc3ccccc32)nc2c1COCC2. The zero-order valence-corrected chi connectivity index (χ0v) is 12.2. The molecule has 0 spiro atoms. The van der Waals surface area contributed by atoms with Gasteiger partial charge in [-0.3, -0.25) is 0 Å². The maximum absolute atomic E-state index is 5.56. The lowest BCUT2D eigenvalue weighted by molar-refractivity contribution is 0.109. The Bertz CT molecular complexity index is 684. The first kappa shape index (κ1) is 12.8. The van der Waals surface area contributed by atoms with Gasteiger partial charge in [0.05, 0.1) is 18.9 Å². The molecular weight excluding hydrogens is 262 g/mol. The van der Waals surface area contributed by atoms with Crippen LogP contribution >= 0.6 is 0 Å². The highest BCUT2D eigenvalue weighted by atomic mass is 16.5. The molecule has 4 nitrogen and oxygen atoms in total. The highest BCUT2D eigenvalue weighted by Gasteiger charge is 2.31. The Balaban J connectivity index is 1.75. The van der Waals surface area contributed by atoms with Gasteiger partial charge in [-0.15, -0.1) is 0 Å². The second kappa shape index (κ2) is 5.11. The number of nitrogens with zero attached hydrogens (tertiary/aromatic N) is 2. The number of hydrogen-bond donors (Lipinski definition) is 1. The number of fused-ring (bicyclic) bond motifs is 2. The third kappa shape index (κ3) is 2.10. The van der Waals surface area contributed by atoms with Crippen molar-refractivity contribution in [3.8, 4) is 0 Å². The predicted octanol–water partition coefficient (Wildman–Crippen LogP) is 2.67. The number of ether oxygens (including phenoxy) is 1. The molecule has 0 saturated carbocycles. The zero-order valence-electron chi connectivity index (χ0n) is 12.2. The third-order valence-electron chi connectivity index (χ3n) is 4.35. The molecule has 1 unspecified atom stereocenters. The molecule has 2 heterocycles. The average molecular weight is 281 g/mol. The van der Waals surface area contributed by atoms with E-state index in [0.29, 0.717) is 12.5 Å². The van der Waals surface area contributed by atoms with Crippen molar-refractivity contribution in [3.63, 3.8) is 0 Å². The van der Waals surface area contributed by atoms with Crippen LogP contribution in [0.2, 0.25) is 0 Å². The Morgan fingerprint density at radius 3 is 3.05 bits per heavy atom. The minimum absolute atomic E-state index is 0.353. The Morgan fingerprint density at radius 2 is 2.19 bits per heavy atom. The molecule has 1 aliphatic heterocycles. The molecule has 108 valence electrons. The van der Waals surface area contributed by atoms with Crippen molar-refractivity contribution in [2.45, 2.75) is 32.3 Å². The van der Waals surface area contributed by atoms with Crippen molar-refractivity contribution < 1.29 is 4.74 Å². The largest absolute Gasteiger partial charge is 0.376 e. The first-order valence-electron chi connectivity index (χ1n) is 7.66. The lowest BCUT2D eigenvalue weighted by Crippen LogP contribution is -2.24. The van der Waals surface area contributed by atoms with Gasteiger partial charge in [0.25, 0.3) is 0 Å². The molecule has 1 atom stereocenters. The van der Waals surface area contributed by atoms with E-state index in [1.807, 2.05) is 0 Å². The first-order chi connectivity index (χ1) is 10.4. The standard InChI is InChI=1S/C17H19N3O/c1-2-18-16-14-10-21-8-7-15(14)19-17(20-16)13-9-11-5-3-4-6-12(11)13/h3-6,13H,2,7-10H2,1H3,(H,18,19,20). The van der Waals surface area contributed by atoms with Crippen LogP contribution < -0.4 is 5.32 Å². The topological polar surface area (TPSA) is 47.0 Å². The fourth-order valence-corrected chi connectivity index (χ4v) is 3.21. The fraction of sp³-hybridized carbons (Fsp3) is 0.412. The molecule has 21 heavy (non-hydrogen) atoms. The summed E-state index contributed by atoms with van der Waals surface area (Å²) in [4.78, 5) is 9.64. The average Bonchev–Trinajstić information content (AvgIpc) is 2.49. The molecule has 1 aliphatic carbocycles. The van der Waals surface area contributed by atoms with Gasteiger partial charge in [-0.1, -0.05) is 24.3 Å². The van der Waals surface area contributed by atoms with Gasteiger partial charge >= 0.3 is 0 Å². The van der Waals surface area contributed by atoms with Crippen LogP contribution in [0.5, 0.6) is 0 Å². The van der Waals surface area contributed by atoms with Gasteiger partial charge in [-0.25, -0.2) is 9.97 Å². The monoisotopic (exact) mass is 281 g/mol. The number of hydrogen-bond acceptors (Lipinski definition) is 4. The van der Waals surface area contributed by atoms with Crippen LogP contribution in [-0.2, 0) is 24.2 Å². The normalized spacial score (nSPS) is 19.4. The van der Waals surface area contributed by atoms with E-state index < -0.39 is 0 Å². The first-order valence-corrected chi connectivity index (χ1v) is 7.66. The van der Waals surface area contributed by atoms with Gasteiger partial charge in [-0.05, 0) is 24.5 Å². The zero-order chi connectivity index (χ0) is 14.2. The van der Waals surface area contributed by atoms with E-state index in [9.17, 15) is 0 Å². The van der Waals surface area contributed by atoms with Crippen molar-refractivity contribution in [2.75, 3.05) is 18.5 Å². The number of anilines is 1. The minimum atomic E-state index is 0.353. The van der Waals surface area contributed by atoms with Gasteiger partial charge in [0.1, 0.15) is 11.6 Å². The molecule has 1 aromatic heterocycles. The summed E-state index contributed by atoms with van der Waals surface area (Å²) in [6, 6.07) is 8.60. The van der Waals surface area contributed by atoms with E-state index in [1.165, 1.54) is 11.1 Å². The van der Waals surface area contributed by atoms with E-state index in [4.69, 9.17) is 14.7 Å². The second-order valence-corrected chi connectivity index (χ2v) is 5.64. The predicted molar refractivity (Wildman–Crippen MR) is 81.5 cm³/mol. The summed E-state index contributed by atoms with van der Waals surface area (Å²) in [6.45, 7) is 4.34. The summed E-state index contributed by atoms with van der Waals surface area (Å²) in [6.07, 6.45) is 1.94. The molecule has 1 N–H and O–H groups in total. The van der Waals surface area contributed by atoms with Gasteiger partial charge in [0.15, 0.2) is 0 Å². The van der Waals surface area contributed by atoms with Crippen molar-refractivity contribution >= 4 is 5.82 Å². The molecule has 2 aliphatic rings. The lowest BCUT2D eigenvalue weighted by atomic mass is 9.77. The number of aromatic nitrogens is 2. The van der Waals surface area contributed by atoms with E-state index >= 15 is 0 Å².